The standard InChI is InChI=1S/C11H11ClN4OS/c1-6(2)8-9(18-16-15-8)11(17)14-7-4-3-5-13-10(7)12/h3-6H,1-2H3,(H,14,17). The molecule has 0 aromatic carbocycles. The maximum absolute atomic E-state index is 12.1. The Hall–Kier alpha value is -1.53. The Morgan fingerprint density at radius 3 is 2.94 bits per heavy atom. The summed E-state index contributed by atoms with van der Waals surface area (Å²) in [5.41, 5.74) is 1.17. The van der Waals surface area contributed by atoms with Crippen molar-refractivity contribution >= 4 is 34.7 Å². The summed E-state index contributed by atoms with van der Waals surface area (Å²) in [4.78, 5) is 16.5. The number of hydrogen-bond acceptors (Lipinski definition) is 5. The van der Waals surface area contributed by atoms with Crippen LogP contribution < -0.4 is 5.32 Å². The molecule has 0 aliphatic rings. The lowest BCUT2D eigenvalue weighted by Gasteiger charge is -2.06. The second kappa shape index (κ2) is 5.41. The minimum Gasteiger partial charge on any atom is -0.319 e. The third kappa shape index (κ3) is 2.65. The van der Waals surface area contributed by atoms with Crippen molar-refractivity contribution < 1.29 is 4.79 Å². The molecule has 0 fully saturated rings. The molecule has 1 N–H and O–H groups in total. The van der Waals surface area contributed by atoms with Crippen molar-refractivity contribution in [1.29, 1.82) is 0 Å². The zero-order valence-corrected chi connectivity index (χ0v) is 11.4. The molecular formula is C11H11ClN4OS. The molecule has 1 amide bonds. The SMILES string of the molecule is CC(C)c1nnsc1C(=O)Nc1cccnc1Cl. The molecule has 0 bridgehead atoms. The molecule has 0 saturated carbocycles. The topological polar surface area (TPSA) is 67.8 Å². The van der Waals surface area contributed by atoms with Gasteiger partial charge >= 0.3 is 0 Å². The highest BCUT2D eigenvalue weighted by Crippen LogP contribution is 2.23. The fraction of sp³-hybridized carbons (Fsp3) is 0.273. The van der Waals surface area contributed by atoms with Crippen molar-refractivity contribution in [3.63, 3.8) is 0 Å². The highest BCUT2D eigenvalue weighted by atomic mass is 35.5. The maximum Gasteiger partial charge on any atom is 0.269 e. The number of hydrogen-bond donors (Lipinski definition) is 1. The maximum atomic E-state index is 12.1. The fourth-order valence-corrected chi connectivity index (χ4v) is 2.27. The van der Waals surface area contributed by atoms with Crippen LogP contribution in [0.5, 0.6) is 0 Å². The van der Waals surface area contributed by atoms with Gasteiger partial charge in [-0.25, -0.2) is 4.98 Å². The van der Waals surface area contributed by atoms with Gasteiger partial charge in [0, 0.05) is 6.20 Å². The number of carbonyl (C=O) groups is 1. The first-order valence-corrected chi connectivity index (χ1v) is 6.49. The minimum atomic E-state index is -0.261. The van der Waals surface area contributed by atoms with Crippen LogP contribution in [-0.4, -0.2) is 20.5 Å². The zero-order valence-electron chi connectivity index (χ0n) is 9.85. The molecule has 0 aliphatic carbocycles. The first-order valence-electron chi connectivity index (χ1n) is 5.33. The number of amides is 1. The van der Waals surface area contributed by atoms with Gasteiger partial charge in [-0.1, -0.05) is 29.9 Å². The van der Waals surface area contributed by atoms with Gasteiger partial charge in [0.1, 0.15) is 4.88 Å². The quantitative estimate of drug-likeness (QED) is 0.879. The van der Waals surface area contributed by atoms with E-state index >= 15 is 0 Å². The molecule has 94 valence electrons. The summed E-state index contributed by atoms with van der Waals surface area (Å²) in [6, 6.07) is 3.40. The Balaban J connectivity index is 2.23. The Bertz CT molecular complexity index is 570. The van der Waals surface area contributed by atoms with Gasteiger partial charge in [0.05, 0.1) is 11.4 Å². The van der Waals surface area contributed by atoms with Crippen LogP contribution in [0.4, 0.5) is 5.69 Å². The number of anilines is 1. The predicted octanol–water partition coefficient (Wildman–Crippen LogP) is 2.96. The summed E-state index contributed by atoms with van der Waals surface area (Å²) in [5.74, 6) is -0.113. The first-order chi connectivity index (χ1) is 8.59. The summed E-state index contributed by atoms with van der Waals surface area (Å²) < 4.78 is 3.81. The molecule has 0 radical (unpaired) electrons. The van der Waals surface area contributed by atoms with Gasteiger partial charge < -0.3 is 5.32 Å². The average Bonchev–Trinajstić information content (AvgIpc) is 2.81. The van der Waals surface area contributed by atoms with Crippen molar-refractivity contribution in [1.82, 2.24) is 14.6 Å². The van der Waals surface area contributed by atoms with Gasteiger partial charge in [-0.05, 0) is 29.6 Å². The summed E-state index contributed by atoms with van der Waals surface area (Å²) in [6.07, 6.45) is 1.56. The van der Waals surface area contributed by atoms with E-state index in [4.69, 9.17) is 11.6 Å². The highest BCUT2D eigenvalue weighted by molar-refractivity contribution is 7.08. The smallest absolute Gasteiger partial charge is 0.269 e. The zero-order chi connectivity index (χ0) is 13.1. The number of nitrogens with zero attached hydrogens (tertiary/aromatic N) is 3. The van der Waals surface area contributed by atoms with Crippen molar-refractivity contribution in [3.8, 4) is 0 Å². The number of rotatable bonds is 3. The van der Waals surface area contributed by atoms with Crippen molar-refractivity contribution in [2.75, 3.05) is 5.32 Å². The van der Waals surface area contributed by atoms with E-state index in [9.17, 15) is 4.79 Å². The summed E-state index contributed by atoms with van der Waals surface area (Å²) in [5, 5.41) is 6.92. The molecule has 2 aromatic rings. The summed E-state index contributed by atoms with van der Waals surface area (Å²) >= 11 is 6.95. The average molecular weight is 283 g/mol. The van der Waals surface area contributed by atoms with Gasteiger partial charge in [-0.15, -0.1) is 5.10 Å². The third-order valence-electron chi connectivity index (χ3n) is 2.27. The molecule has 0 spiro atoms. The molecule has 7 heteroatoms. The third-order valence-corrected chi connectivity index (χ3v) is 3.32. The molecule has 0 aliphatic heterocycles. The predicted molar refractivity (Wildman–Crippen MR) is 71.2 cm³/mol. The van der Waals surface area contributed by atoms with E-state index in [1.807, 2.05) is 13.8 Å². The van der Waals surface area contributed by atoms with E-state index in [-0.39, 0.29) is 17.0 Å². The lowest BCUT2D eigenvalue weighted by Crippen LogP contribution is -2.13. The van der Waals surface area contributed by atoms with Gasteiger partial charge in [-0.3, -0.25) is 4.79 Å². The fourth-order valence-electron chi connectivity index (χ4n) is 1.39. The summed E-state index contributed by atoms with van der Waals surface area (Å²) in [7, 11) is 0. The molecule has 0 saturated heterocycles. The van der Waals surface area contributed by atoms with Gasteiger partial charge in [-0.2, -0.15) is 0 Å². The second-order valence-electron chi connectivity index (χ2n) is 3.94. The Morgan fingerprint density at radius 2 is 2.28 bits per heavy atom. The van der Waals surface area contributed by atoms with Crippen LogP contribution in [0.15, 0.2) is 18.3 Å². The molecule has 5 nitrogen and oxygen atoms in total. The molecule has 0 atom stereocenters. The van der Waals surface area contributed by atoms with Crippen LogP contribution in [0.2, 0.25) is 5.15 Å². The second-order valence-corrected chi connectivity index (χ2v) is 5.05. The van der Waals surface area contributed by atoms with Gasteiger partial charge in [0.25, 0.3) is 5.91 Å². The van der Waals surface area contributed by atoms with Crippen LogP contribution in [0.25, 0.3) is 0 Å². The van der Waals surface area contributed by atoms with Crippen LogP contribution in [0.3, 0.4) is 0 Å². The van der Waals surface area contributed by atoms with Crippen LogP contribution >= 0.6 is 23.1 Å². The van der Waals surface area contributed by atoms with Crippen molar-refractivity contribution in [2.24, 2.45) is 0 Å². The van der Waals surface area contributed by atoms with Crippen LogP contribution in [0, 0.1) is 0 Å². The normalized spacial score (nSPS) is 10.7. The number of carbonyl (C=O) groups excluding carboxylic acids is 1. The molecular weight excluding hydrogens is 272 g/mol. The van der Waals surface area contributed by atoms with Gasteiger partial charge in [0.15, 0.2) is 5.15 Å². The Kier molecular flexibility index (Phi) is 3.88. The molecule has 0 unspecified atom stereocenters. The molecule has 2 rings (SSSR count). The largest absolute Gasteiger partial charge is 0.319 e. The molecule has 2 aromatic heterocycles. The number of pyridine rings is 1. The van der Waals surface area contributed by atoms with Gasteiger partial charge in [0.2, 0.25) is 0 Å². The Labute approximate surface area is 113 Å². The van der Waals surface area contributed by atoms with Crippen LogP contribution in [-0.2, 0) is 0 Å². The number of aromatic nitrogens is 3. The number of halogens is 1. The first kappa shape index (κ1) is 12.9. The van der Waals surface area contributed by atoms with E-state index in [0.717, 1.165) is 11.5 Å². The van der Waals surface area contributed by atoms with E-state index in [2.05, 4.69) is 19.9 Å². The highest BCUT2D eigenvalue weighted by Gasteiger charge is 2.19. The lowest BCUT2D eigenvalue weighted by atomic mass is 10.1. The lowest BCUT2D eigenvalue weighted by molar-refractivity contribution is 0.102. The minimum absolute atomic E-state index is 0.147. The summed E-state index contributed by atoms with van der Waals surface area (Å²) in [6.45, 7) is 3.93. The van der Waals surface area contributed by atoms with Crippen LogP contribution in [0.1, 0.15) is 35.1 Å². The van der Waals surface area contributed by atoms with E-state index in [0.29, 0.717) is 16.3 Å². The Morgan fingerprint density at radius 1 is 1.50 bits per heavy atom. The molecule has 2 heterocycles. The van der Waals surface area contributed by atoms with Crippen molar-refractivity contribution in [2.45, 2.75) is 19.8 Å². The number of nitrogens with one attached hydrogen (secondary N) is 1. The van der Waals surface area contributed by atoms with E-state index in [1.54, 1.807) is 18.3 Å². The molecule has 18 heavy (non-hydrogen) atoms. The van der Waals surface area contributed by atoms with E-state index < -0.39 is 0 Å². The monoisotopic (exact) mass is 282 g/mol. The van der Waals surface area contributed by atoms with Crippen molar-refractivity contribution in [3.05, 3.63) is 34.1 Å². The van der Waals surface area contributed by atoms with E-state index in [1.165, 1.54) is 0 Å².